The molecule has 0 spiro atoms. The van der Waals surface area contributed by atoms with E-state index in [2.05, 4.69) is 88.9 Å². The van der Waals surface area contributed by atoms with Crippen molar-refractivity contribution in [2.75, 3.05) is 6.61 Å². The number of fused-ring (bicyclic) bond motifs is 1. The zero-order valence-electron chi connectivity index (χ0n) is 16.8. The van der Waals surface area contributed by atoms with E-state index >= 15 is 0 Å². The van der Waals surface area contributed by atoms with Gasteiger partial charge in [0.05, 0.1) is 17.6 Å². The molecule has 0 aliphatic heterocycles. The van der Waals surface area contributed by atoms with E-state index in [1.54, 1.807) is 0 Å². The summed E-state index contributed by atoms with van der Waals surface area (Å²) < 4.78 is 9.49. The Bertz CT molecular complexity index is 1120. The Morgan fingerprint density at radius 1 is 0.966 bits per heavy atom. The Kier molecular flexibility index (Phi) is 6.00. The normalized spacial score (nSPS) is 11.3. The Morgan fingerprint density at radius 2 is 1.76 bits per heavy atom. The van der Waals surface area contributed by atoms with E-state index in [1.807, 2.05) is 18.2 Å². The van der Waals surface area contributed by atoms with Crippen molar-refractivity contribution >= 4 is 27.0 Å². The molecule has 4 aromatic rings. The van der Waals surface area contributed by atoms with Crippen molar-refractivity contribution < 1.29 is 4.74 Å². The highest BCUT2D eigenvalue weighted by molar-refractivity contribution is 9.10. The second-order valence-electron chi connectivity index (χ2n) is 7.48. The number of aromatic nitrogens is 2. The summed E-state index contributed by atoms with van der Waals surface area (Å²) in [5.74, 6) is 2.44. The minimum absolute atomic E-state index is 0.451. The summed E-state index contributed by atoms with van der Waals surface area (Å²) in [6, 6.07) is 25.0. The van der Waals surface area contributed by atoms with Crippen molar-refractivity contribution in [1.29, 1.82) is 0 Å². The van der Waals surface area contributed by atoms with Gasteiger partial charge >= 0.3 is 0 Å². The molecule has 3 aromatic carbocycles. The molecule has 0 amide bonds. The van der Waals surface area contributed by atoms with Crippen molar-refractivity contribution in [3.63, 3.8) is 0 Å². The third-order valence-corrected chi connectivity index (χ3v) is 5.56. The average Bonchev–Trinajstić information content (AvgIpc) is 3.10. The standard InChI is InChI=1S/C25H25BrN2O/c1-18(2)21-11-3-6-14-24(21)29-16-8-15-28-23-13-5-4-12-22(23)27-25(28)19-9-7-10-20(26)17-19/h3-7,9-14,17-18H,8,15-16H2,1-2H3. The van der Waals surface area contributed by atoms with Gasteiger partial charge in [0.2, 0.25) is 0 Å². The number of hydrogen-bond donors (Lipinski definition) is 0. The summed E-state index contributed by atoms with van der Waals surface area (Å²) >= 11 is 3.58. The quantitative estimate of drug-likeness (QED) is 0.283. The van der Waals surface area contributed by atoms with Crippen LogP contribution in [0.25, 0.3) is 22.4 Å². The van der Waals surface area contributed by atoms with E-state index in [-0.39, 0.29) is 0 Å². The summed E-state index contributed by atoms with van der Waals surface area (Å²) in [5.41, 5.74) is 4.55. The van der Waals surface area contributed by atoms with Gasteiger partial charge in [-0.1, -0.05) is 72.2 Å². The van der Waals surface area contributed by atoms with Crippen molar-refractivity contribution in [1.82, 2.24) is 9.55 Å². The zero-order chi connectivity index (χ0) is 20.2. The van der Waals surface area contributed by atoms with Crippen LogP contribution in [-0.2, 0) is 6.54 Å². The molecule has 1 heterocycles. The van der Waals surface area contributed by atoms with E-state index in [9.17, 15) is 0 Å². The summed E-state index contributed by atoms with van der Waals surface area (Å²) in [6.45, 7) is 5.93. The van der Waals surface area contributed by atoms with Crippen LogP contribution in [0.1, 0.15) is 31.7 Å². The van der Waals surface area contributed by atoms with E-state index in [4.69, 9.17) is 9.72 Å². The SMILES string of the molecule is CC(C)c1ccccc1OCCCn1c(-c2cccc(Br)c2)nc2ccccc21. The van der Waals surface area contributed by atoms with E-state index in [0.717, 1.165) is 45.6 Å². The first-order valence-electron chi connectivity index (χ1n) is 10.1. The fraction of sp³-hybridized carbons (Fsp3) is 0.240. The molecule has 0 atom stereocenters. The largest absolute Gasteiger partial charge is 0.493 e. The number of benzene rings is 3. The Balaban J connectivity index is 1.54. The van der Waals surface area contributed by atoms with Gasteiger partial charge in [-0.3, -0.25) is 0 Å². The maximum Gasteiger partial charge on any atom is 0.141 e. The third kappa shape index (κ3) is 4.38. The molecule has 0 saturated carbocycles. The molecule has 0 saturated heterocycles. The van der Waals surface area contributed by atoms with Crippen LogP contribution >= 0.6 is 15.9 Å². The van der Waals surface area contributed by atoms with Crippen LogP contribution in [0.4, 0.5) is 0 Å². The van der Waals surface area contributed by atoms with Crippen molar-refractivity contribution in [3.05, 3.63) is 82.8 Å². The molecular weight excluding hydrogens is 424 g/mol. The average molecular weight is 449 g/mol. The van der Waals surface area contributed by atoms with Gasteiger partial charge in [-0.25, -0.2) is 4.98 Å². The molecule has 0 unspecified atom stereocenters. The van der Waals surface area contributed by atoms with E-state index < -0.39 is 0 Å². The number of para-hydroxylation sites is 3. The van der Waals surface area contributed by atoms with Crippen LogP contribution in [-0.4, -0.2) is 16.2 Å². The molecule has 4 heteroatoms. The number of hydrogen-bond acceptors (Lipinski definition) is 2. The topological polar surface area (TPSA) is 27.1 Å². The molecule has 148 valence electrons. The lowest BCUT2D eigenvalue weighted by molar-refractivity contribution is 0.299. The van der Waals surface area contributed by atoms with Gasteiger partial charge in [-0.15, -0.1) is 0 Å². The predicted octanol–water partition coefficient (Wildman–Crippen LogP) is 7.06. The summed E-state index contributed by atoms with van der Waals surface area (Å²) in [6.07, 6.45) is 0.911. The number of ether oxygens (including phenoxy) is 1. The van der Waals surface area contributed by atoms with Crippen LogP contribution in [0.2, 0.25) is 0 Å². The van der Waals surface area contributed by atoms with Gasteiger partial charge in [0.15, 0.2) is 0 Å². The van der Waals surface area contributed by atoms with Crippen molar-refractivity contribution in [2.45, 2.75) is 32.7 Å². The molecule has 0 N–H and O–H groups in total. The minimum Gasteiger partial charge on any atom is -0.493 e. The molecule has 0 fully saturated rings. The molecule has 3 nitrogen and oxygen atoms in total. The lowest BCUT2D eigenvalue weighted by Gasteiger charge is -2.14. The monoisotopic (exact) mass is 448 g/mol. The van der Waals surface area contributed by atoms with E-state index in [0.29, 0.717) is 12.5 Å². The first kappa shape index (κ1) is 19.7. The Morgan fingerprint density at radius 3 is 2.59 bits per heavy atom. The summed E-state index contributed by atoms with van der Waals surface area (Å²) in [4.78, 5) is 4.90. The summed E-state index contributed by atoms with van der Waals surface area (Å²) in [5, 5.41) is 0. The van der Waals surface area contributed by atoms with Gasteiger partial charge in [-0.2, -0.15) is 0 Å². The number of imidazole rings is 1. The van der Waals surface area contributed by atoms with Crippen LogP contribution in [0.3, 0.4) is 0 Å². The van der Waals surface area contributed by atoms with Crippen LogP contribution in [0.15, 0.2) is 77.3 Å². The molecule has 0 aliphatic rings. The summed E-state index contributed by atoms with van der Waals surface area (Å²) in [7, 11) is 0. The number of nitrogens with zero attached hydrogens (tertiary/aromatic N) is 2. The van der Waals surface area contributed by atoms with E-state index in [1.165, 1.54) is 5.56 Å². The Hall–Kier alpha value is -2.59. The van der Waals surface area contributed by atoms with Gasteiger partial charge in [-0.05, 0) is 48.2 Å². The highest BCUT2D eigenvalue weighted by atomic mass is 79.9. The second kappa shape index (κ2) is 8.83. The molecular formula is C25H25BrN2O. The molecule has 0 bridgehead atoms. The van der Waals surface area contributed by atoms with Crippen LogP contribution < -0.4 is 4.74 Å². The third-order valence-electron chi connectivity index (χ3n) is 5.06. The first-order valence-corrected chi connectivity index (χ1v) is 10.9. The number of aryl methyl sites for hydroxylation is 1. The maximum absolute atomic E-state index is 6.13. The van der Waals surface area contributed by atoms with Crippen molar-refractivity contribution in [3.8, 4) is 17.1 Å². The van der Waals surface area contributed by atoms with Gasteiger partial charge in [0.1, 0.15) is 11.6 Å². The number of rotatable bonds is 7. The van der Waals surface area contributed by atoms with Gasteiger partial charge in [0.25, 0.3) is 0 Å². The lowest BCUT2D eigenvalue weighted by atomic mass is 10.0. The second-order valence-corrected chi connectivity index (χ2v) is 8.40. The van der Waals surface area contributed by atoms with Crippen LogP contribution in [0.5, 0.6) is 5.75 Å². The van der Waals surface area contributed by atoms with Gasteiger partial charge < -0.3 is 9.30 Å². The lowest BCUT2D eigenvalue weighted by Crippen LogP contribution is -2.07. The number of halogens is 1. The molecule has 1 aromatic heterocycles. The van der Waals surface area contributed by atoms with Crippen LogP contribution in [0, 0.1) is 0 Å². The highest BCUT2D eigenvalue weighted by Gasteiger charge is 2.13. The Labute approximate surface area is 180 Å². The molecule has 0 radical (unpaired) electrons. The minimum atomic E-state index is 0.451. The fourth-order valence-corrected chi connectivity index (χ4v) is 4.04. The molecule has 29 heavy (non-hydrogen) atoms. The van der Waals surface area contributed by atoms with Gasteiger partial charge in [0, 0.05) is 16.6 Å². The zero-order valence-corrected chi connectivity index (χ0v) is 18.4. The first-order chi connectivity index (χ1) is 14.1. The maximum atomic E-state index is 6.13. The highest BCUT2D eigenvalue weighted by Crippen LogP contribution is 2.28. The van der Waals surface area contributed by atoms with Crippen molar-refractivity contribution in [2.24, 2.45) is 0 Å². The smallest absolute Gasteiger partial charge is 0.141 e. The molecule has 0 aliphatic carbocycles. The molecule has 4 rings (SSSR count). The predicted molar refractivity (Wildman–Crippen MR) is 124 cm³/mol. The fourth-order valence-electron chi connectivity index (χ4n) is 3.64.